The average molecular weight is 271 g/mol. The number of Topliss-reactive ketones (excluding diaryl/α,β-unsaturated/α-hetero) is 1. The van der Waals surface area contributed by atoms with Crippen molar-refractivity contribution < 1.29 is 14.0 Å². The number of ketones is 1. The molecule has 6 nitrogen and oxygen atoms in total. The first-order valence-electron chi connectivity index (χ1n) is 6.27. The number of amides is 1. The standard InChI is InChI=1S/C14H13N3O3/c1-8-15-16-12(20-8)7-10-13(18)9-5-3-4-6-11(9)17(2)14(10)19/h3-6,10H,7H2,1-2H3. The first-order valence-corrected chi connectivity index (χ1v) is 6.27. The highest BCUT2D eigenvalue weighted by Crippen LogP contribution is 2.30. The molecule has 1 aliphatic rings. The minimum absolute atomic E-state index is 0.136. The van der Waals surface area contributed by atoms with Gasteiger partial charge in [0.15, 0.2) is 5.78 Å². The van der Waals surface area contributed by atoms with Crippen LogP contribution in [0.1, 0.15) is 22.1 Å². The van der Waals surface area contributed by atoms with Gasteiger partial charge in [0.1, 0.15) is 5.92 Å². The number of fused-ring (bicyclic) bond motifs is 1. The van der Waals surface area contributed by atoms with Crippen molar-refractivity contribution in [2.24, 2.45) is 5.92 Å². The van der Waals surface area contributed by atoms with Crippen LogP contribution in [0.15, 0.2) is 28.7 Å². The molecule has 102 valence electrons. The molecule has 3 rings (SSSR count). The molecular formula is C14H13N3O3. The minimum Gasteiger partial charge on any atom is -0.426 e. The first-order chi connectivity index (χ1) is 9.58. The summed E-state index contributed by atoms with van der Waals surface area (Å²) in [4.78, 5) is 26.3. The third-order valence-corrected chi connectivity index (χ3v) is 3.42. The van der Waals surface area contributed by atoms with Crippen LogP contribution >= 0.6 is 0 Å². The lowest BCUT2D eigenvalue weighted by molar-refractivity contribution is -0.121. The Morgan fingerprint density at radius 2 is 2.00 bits per heavy atom. The number of benzene rings is 1. The van der Waals surface area contributed by atoms with Crippen molar-refractivity contribution in [3.8, 4) is 0 Å². The number of carbonyl (C=O) groups excluding carboxylic acids is 2. The summed E-state index contributed by atoms with van der Waals surface area (Å²) >= 11 is 0. The summed E-state index contributed by atoms with van der Waals surface area (Å²) in [5.41, 5.74) is 1.19. The number of carbonyl (C=O) groups is 2. The van der Waals surface area contributed by atoms with E-state index < -0.39 is 5.92 Å². The molecule has 6 heteroatoms. The molecule has 0 radical (unpaired) electrons. The Balaban J connectivity index is 1.97. The van der Waals surface area contributed by atoms with Crippen LogP contribution in [0.3, 0.4) is 0 Å². The fraction of sp³-hybridized carbons (Fsp3) is 0.286. The topological polar surface area (TPSA) is 76.3 Å². The Labute approximate surface area is 115 Å². The number of hydrogen-bond acceptors (Lipinski definition) is 5. The molecule has 20 heavy (non-hydrogen) atoms. The number of aryl methyl sites for hydroxylation is 1. The molecular weight excluding hydrogens is 258 g/mol. The predicted molar refractivity (Wildman–Crippen MR) is 70.4 cm³/mol. The summed E-state index contributed by atoms with van der Waals surface area (Å²) < 4.78 is 5.26. The zero-order valence-electron chi connectivity index (χ0n) is 11.2. The van der Waals surface area contributed by atoms with Gasteiger partial charge in [-0.3, -0.25) is 9.59 Å². The maximum absolute atomic E-state index is 12.4. The maximum atomic E-state index is 12.4. The van der Waals surface area contributed by atoms with Gasteiger partial charge in [-0.25, -0.2) is 0 Å². The summed E-state index contributed by atoms with van der Waals surface area (Å²) in [7, 11) is 1.67. The molecule has 0 fully saturated rings. The molecule has 1 aliphatic heterocycles. The highest BCUT2D eigenvalue weighted by Gasteiger charge is 2.38. The number of hydrogen-bond donors (Lipinski definition) is 0. The number of nitrogens with zero attached hydrogens (tertiary/aromatic N) is 3. The summed E-state index contributed by atoms with van der Waals surface area (Å²) in [6, 6.07) is 7.08. The Morgan fingerprint density at radius 3 is 2.70 bits per heavy atom. The normalized spacial score (nSPS) is 18.3. The number of para-hydroxylation sites is 1. The summed E-state index contributed by atoms with van der Waals surface area (Å²) in [5.74, 6) is -0.509. The molecule has 1 aromatic carbocycles. The van der Waals surface area contributed by atoms with Gasteiger partial charge in [-0.2, -0.15) is 0 Å². The molecule has 0 spiro atoms. The van der Waals surface area contributed by atoms with E-state index in [1.54, 1.807) is 38.2 Å². The van der Waals surface area contributed by atoms with Crippen LogP contribution < -0.4 is 4.90 Å². The monoisotopic (exact) mass is 271 g/mol. The van der Waals surface area contributed by atoms with Gasteiger partial charge < -0.3 is 9.32 Å². The Bertz CT molecular complexity index is 692. The SMILES string of the molecule is Cc1nnc(CC2C(=O)c3ccccc3N(C)C2=O)o1. The molecule has 2 aromatic rings. The second-order valence-corrected chi connectivity index (χ2v) is 4.75. The van der Waals surface area contributed by atoms with Gasteiger partial charge in [-0.1, -0.05) is 12.1 Å². The Hall–Kier alpha value is -2.50. The van der Waals surface area contributed by atoms with E-state index in [9.17, 15) is 9.59 Å². The minimum atomic E-state index is -0.797. The van der Waals surface area contributed by atoms with E-state index in [4.69, 9.17) is 4.42 Å². The molecule has 1 unspecified atom stereocenters. The molecule has 1 amide bonds. The van der Waals surface area contributed by atoms with Crippen molar-refractivity contribution in [2.45, 2.75) is 13.3 Å². The van der Waals surface area contributed by atoms with Crippen LogP contribution in [0.25, 0.3) is 0 Å². The van der Waals surface area contributed by atoms with Gasteiger partial charge in [0.25, 0.3) is 0 Å². The van der Waals surface area contributed by atoms with E-state index in [2.05, 4.69) is 10.2 Å². The lowest BCUT2D eigenvalue weighted by Gasteiger charge is -2.29. The molecule has 2 heterocycles. The van der Waals surface area contributed by atoms with Gasteiger partial charge in [0.05, 0.1) is 5.69 Å². The van der Waals surface area contributed by atoms with Gasteiger partial charge in [-0.05, 0) is 12.1 Å². The second-order valence-electron chi connectivity index (χ2n) is 4.75. The smallest absolute Gasteiger partial charge is 0.238 e. The zero-order chi connectivity index (χ0) is 14.3. The Kier molecular flexibility index (Phi) is 2.85. The van der Waals surface area contributed by atoms with E-state index in [-0.39, 0.29) is 18.1 Å². The summed E-state index contributed by atoms with van der Waals surface area (Å²) in [6.07, 6.45) is 0.136. The van der Waals surface area contributed by atoms with Crippen LogP contribution in [-0.4, -0.2) is 28.9 Å². The quantitative estimate of drug-likeness (QED) is 0.771. The van der Waals surface area contributed by atoms with Crippen molar-refractivity contribution in [1.29, 1.82) is 0 Å². The second kappa shape index (κ2) is 4.56. The van der Waals surface area contributed by atoms with E-state index >= 15 is 0 Å². The third-order valence-electron chi connectivity index (χ3n) is 3.42. The lowest BCUT2D eigenvalue weighted by atomic mass is 9.88. The number of anilines is 1. The van der Waals surface area contributed by atoms with Crippen molar-refractivity contribution in [2.75, 3.05) is 11.9 Å². The van der Waals surface area contributed by atoms with Crippen LogP contribution in [0.4, 0.5) is 5.69 Å². The van der Waals surface area contributed by atoms with Gasteiger partial charge in [-0.15, -0.1) is 10.2 Å². The van der Waals surface area contributed by atoms with Crippen LogP contribution in [0, 0.1) is 12.8 Å². The fourth-order valence-electron chi connectivity index (χ4n) is 2.40. The average Bonchev–Trinajstić information content (AvgIpc) is 2.86. The molecule has 0 saturated carbocycles. The third kappa shape index (κ3) is 1.89. The highest BCUT2D eigenvalue weighted by atomic mass is 16.4. The van der Waals surface area contributed by atoms with E-state index in [1.807, 2.05) is 0 Å². The van der Waals surface area contributed by atoms with Crippen LogP contribution in [0.5, 0.6) is 0 Å². The zero-order valence-corrected chi connectivity index (χ0v) is 11.2. The van der Waals surface area contributed by atoms with Crippen molar-refractivity contribution in [3.05, 3.63) is 41.6 Å². The Morgan fingerprint density at radius 1 is 1.25 bits per heavy atom. The summed E-state index contributed by atoms with van der Waals surface area (Å²) in [5, 5.41) is 7.56. The maximum Gasteiger partial charge on any atom is 0.238 e. The molecule has 0 bridgehead atoms. The number of aromatic nitrogens is 2. The van der Waals surface area contributed by atoms with Crippen molar-refractivity contribution in [3.63, 3.8) is 0 Å². The predicted octanol–water partition coefficient (Wildman–Crippen LogP) is 1.40. The molecule has 1 atom stereocenters. The van der Waals surface area contributed by atoms with Gasteiger partial charge in [0.2, 0.25) is 17.7 Å². The largest absolute Gasteiger partial charge is 0.426 e. The van der Waals surface area contributed by atoms with E-state index in [0.29, 0.717) is 23.0 Å². The van der Waals surface area contributed by atoms with Crippen LogP contribution in [0.2, 0.25) is 0 Å². The molecule has 0 saturated heterocycles. The van der Waals surface area contributed by atoms with Crippen molar-refractivity contribution >= 4 is 17.4 Å². The van der Waals surface area contributed by atoms with E-state index in [0.717, 1.165) is 0 Å². The van der Waals surface area contributed by atoms with Crippen LogP contribution in [-0.2, 0) is 11.2 Å². The molecule has 0 N–H and O–H groups in total. The van der Waals surface area contributed by atoms with Gasteiger partial charge in [0, 0.05) is 26.0 Å². The highest BCUT2D eigenvalue weighted by molar-refractivity contribution is 6.21. The summed E-state index contributed by atoms with van der Waals surface area (Å²) in [6.45, 7) is 1.67. The molecule has 1 aromatic heterocycles. The fourth-order valence-corrected chi connectivity index (χ4v) is 2.40. The van der Waals surface area contributed by atoms with Crippen molar-refractivity contribution in [1.82, 2.24) is 10.2 Å². The lowest BCUT2D eigenvalue weighted by Crippen LogP contribution is -2.43. The molecule has 0 aliphatic carbocycles. The van der Waals surface area contributed by atoms with E-state index in [1.165, 1.54) is 4.90 Å². The number of rotatable bonds is 2. The first kappa shape index (κ1) is 12.5. The van der Waals surface area contributed by atoms with Gasteiger partial charge >= 0.3 is 0 Å².